The van der Waals surface area contributed by atoms with Crippen LogP contribution in [-0.2, 0) is 11.1 Å². The molecule has 6 nitrogen and oxygen atoms in total. The van der Waals surface area contributed by atoms with Crippen molar-refractivity contribution in [3.63, 3.8) is 0 Å². The van der Waals surface area contributed by atoms with Crippen LogP contribution in [0, 0.1) is 0 Å². The number of rotatable bonds is 9. The largest absolute Gasteiger partial charge is 0.488 e. The summed E-state index contributed by atoms with van der Waals surface area (Å²) in [6.45, 7) is 1.67. The molecule has 0 aliphatic heterocycles. The van der Waals surface area contributed by atoms with Gasteiger partial charge in [0.05, 0.1) is 31.9 Å². The van der Waals surface area contributed by atoms with E-state index in [9.17, 15) is 0 Å². The van der Waals surface area contributed by atoms with Crippen molar-refractivity contribution in [1.29, 1.82) is 0 Å². The van der Waals surface area contributed by atoms with Gasteiger partial charge in [0.25, 0.3) is 5.88 Å². The molecule has 0 saturated carbocycles. The Morgan fingerprint density at radius 1 is 1.11 bits per heavy atom. The summed E-state index contributed by atoms with van der Waals surface area (Å²) in [5, 5.41) is 0.967. The van der Waals surface area contributed by atoms with E-state index >= 15 is 0 Å². The summed E-state index contributed by atoms with van der Waals surface area (Å²) < 4.78 is 23.3. The molecule has 1 aromatic carbocycles. The first-order valence-electron chi connectivity index (χ1n) is 8.01. The summed E-state index contributed by atoms with van der Waals surface area (Å²) in [4.78, 5) is 8.64. The monoisotopic (exact) mass is 562 g/mol. The Hall–Kier alpha value is -1.22. The maximum atomic E-state index is 5.82. The Morgan fingerprint density at radius 2 is 1.96 bits per heavy atom. The van der Waals surface area contributed by atoms with Gasteiger partial charge >= 0.3 is 0 Å². The second kappa shape index (κ2) is 10.4. The van der Waals surface area contributed by atoms with Gasteiger partial charge in [-0.3, -0.25) is 4.98 Å². The molecule has 0 fully saturated rings. The molecule has 0 bridgehead atoms. The summed E-state index contributed by atoms with van der Waals surface area (Å²) in [6.07, 6.45) is 3.44. The number of hydrogen-bond donors (Lipinski definition) is 0. The van der Waals surface area contributed by atoms with Crippen molar-refractivity contribution in [2.24, 2.45) is 0 Å². The van der Waals surface area contributed by atoms with E-state index in [4.69, 9.17) is 18.7 Å². The van der Waals surface area contributed by atoms with Crippen LogP contribution < -0.4 is 14.2 Å². The highest BCUT2D eigenvalue weighted by Crippen LogP contribution is 2.30. The third-order valence-electron chi connectivity index (χ3n) is 3.58. The molecule has 9 heteroatoms. The molecular formula is C18H17BrIN2O4P. The molecule has 0 aliphatic rings. The van der Waals surface area contributed by atoms with E-state index in [1.54, 1.807) is 19.5 Å². The second-order valence-corrected chi connectivity index (χ2v) is 8.10. The average molecular weight is 563 g/mol. The third-order valence-corrected chi connectivity index (χ3v) is 5.26. The van der Waals surface area contributed by atoms with E-state index < -0.39 is 0 Å². The zero-order valence-corrected chi connectivity index (χ0v) is 19.2. The molecule has 2 heterocycles. The lowest BCUT2D eigenvalue weighted by atomic mass is 10.2. The fourth-order valence-corrected chi connectivity index (χ4v) is 3.47. The van der Waals surface area contributed by atoms with Crippen molar-refractivity contribution in [3.8, 4) is 17.4 Å². The van der Waals surface area contributed by atoms with E-state index in [0.717, 1.165) is 20.9 Å². The summed E-state index contributed by atoms with van der Waals surface area (Å²) >= 11 is 5.66. The smallest absolute Gasteiger partial charge is 0.257 e. The van der Waals surface area contributed by atoms with Gasteiger partial charge in [-0.25, -0.2) is 4.98 Å². The molecule has 0 saturated heterocycles. The van der Waals surface area contributed by atoms with Gasteiger partial charge in [0.15, 0.2) is 5.75 Å². The van der Waals surface area contributed by atoms with E-state index in [1.807, 2.05) is 30.3 Å². The normalized spacial score (nSPS) is 11.2. The van der Waals surface area contributed by atoms with E-state index in [2.05, 4.69) is 47.9 Å². The number of fused-ring (bicyclic) bond motifs is 1. The lowest BCUT2D eigenvalue weighted by molar-refractivity contribution is 0.209. The van der Waals surface area contributed by atoms with Crippen LogP contribution in [0.4, 0.5) is 0 Å². The van der Waals surface area contributed by atoms with Crippen molar-refractivity contribution in [3.05, 3.63) is 52.8 Å². The first kappa shape index (κ1) is 20.5. The molecule has 0 radical (unpaired) electrons. The van der Waals surface area contributed by atoms with E-state index in [1.165, 1.54) is 0 Å². The average Bonchev–Trinajstić information content (AvgIpc) is 2.69. The molecule has 0 aliphatic carbocycles. The van der Waals surface area contributed by atoms with E-state index in [0.29, 0.717) is 43.6 Å². The third kappa shape index (κ3) is 5.88. The standard InChI is InChI=1S/C18H17BrIN2O4P/c1-23-18-17(8-13-7-14(19)2-3-16(13)22-18)25-5-4-24-15-6-12(9-21-10-15)11-26-27-20/h2-3,6-10,27H,4-5,11H2,1H3. The first-order chi connectivity index (χ1) is 13.2. The number of methoxy groups -OCH3 is 1. The summed E-state index contributed by atoms with van der Waals surface area (Å²) in [5.74, 6) is 1.71. The van der Waals surface area contributed by atoms with Crippen LogP contribution in [0.15, 0.2) is 47.2 Å². The number of halogens is 2. The van der Waals surface area contributed by atoms with Crippen molar-refractivity contribution in [1.82, 2.24) is 9.97 Å². The highest BCUT2D eigenvalue weighted by atomic mass is 127. The Balaban J connectivity index is 1.60. The fraction of sp³-hybridized carbons (Fsp3) is 0.222. The molecule has 3 rings (SSSR count). The highest BCUT2D eigenvalue weighted by molar-refractivity contribution is 14.2. The molecule has 0 N–H and O–H groups in total. The molecule has 27 heavy (non-hydrogen) atoms. The minimum absolute atomic E-state index is 0.355. The predicted molar refractivity (Wildman–Crippen MR) is 118 cm³/mol. The number of hydrogen-bond acceptors (Lipinski definition) is 6. The van der Waals surface area contributed by atoms with Crippen LogP contribution in [-0.4, -0.2) is 30.3 Å². The first-order valence-corrected chi connectivity index (χ1v) is 12.8. The zero-order valence-electron chi connectivity index (χ0n) is 14.4. The maximum Gasteiger partial charge on any atom is 0.257 e. The molecule has 142 valence electrons. The quantitative estimate of drug-likeness (QED) is 0.200. The van der Waals surface area contributed by atoms with Crippen LogP contribution in [0.3, 0.4) is 0 Å². The Labute approximate surface area is 180 Å². The highest BCUT2D eigenvalue weighted by Gasteiger charge is 2.09. The maximum absolute atomic E-state index is 5.82. The van der Waals surface area contributed by atoms with Gasteiger partial charge in [0, 0.05) is 21.6 Å². The Morgan fingerprint density at radius 3 is 2.78 bits per heavy atom. The van der Waals surface area contributed by atoms with Crippen molar-refractivity contribution in [2.45, 2.75) is 6.61 Å². The fourth-order valence-electron chi connectivity index (χ4n) is 2.40. The van der Waals surface area contributed by atoms with Gasteiger partial charge in [-0.1, -0.05) is 15.9 Å². The minimum Gasteiger partial charge on any atom is -0.488 e. The van der Waals surface area contributed by atoms with Crippen LogP contribution >= 0.6 is 44.4 Å². The Kier molecular flexibility index (Phi) is 7.87. The van der Waals surface area contributed by atoms with Gasteiger partial charge in [0.1, 0.15) is 19.0 Å². The van der Waals surface area contributed by atoms with Crippen LogP contribution in [0.5, 0.6) is 17.4 Å². The van der Waals surface area contributed by atoms with Crippen molar-refractivity contribution < 1.29 is 18.7 Å². The predicted octanol–water partition coefficient (Wildman–Crippen LogP) is 5.32. The SMILES string of the molecule is COc1nc2ccc(Br)cc2cc1OCCOc1cncc(COPI)c1. The molecule has 0 spiro atoms. The van der Waals surface area contributed by atoms with Gasteiger partial charge in [0.2, 0.25) is 0 Å². The topological polar surface area (TPSA) is 62.7 Å². The van der Waals surface area contributed by atoms with Gasteiger partial charge in [-0.2, -0.15) is 0 Å². The van der Waals surface area contributed by atoms with Crippen LogP contribution in [0.1, 0.15) is 5.56 Å². The summed E-state index contributed by atoms with van der Waals surface area (Å²) in [6, 6.07) is 9.68. The van der Waals surface area contributed by atoms with Gasteiger partial charge in [-0.15, -0.1) is 0 Å². The van der Waals surface area contributed by atoms with Crippen LogP contribution in [0.25, 0.3) is 10.9 Å². The number of pyridine rings is 2. The number of nitrogens with zero attached hydrogens (tertiary/aromatic N) is 2. The second-order valence-electron chi connectivity index (χ2n) is 5.42. The zero-order chi connectivity index (χ0) is 19.1. The molecule has 1 atom stereocenters. The Bertz CT molecular complexity index is 916. The molecule has 1 unspecified atom stereocenters. The number of ether oxygens (including phenoxy) is 3. The van der Waals surface area contributed by atoms with Gasteiger partial charge < -0.3 is 18.7 Å². The van der Waals surface area contributed by atoms with Crippen molar-refractivity contribution in [2.75, 3.05) is 20.3 Å². The molecule has 0 amide bonds. The minimum atomic E-state index is 0.355. The molecular weight excluding hydrogens is 546 g/mol. The van der Waals surface area contributed by atoms with Crippen molar-refractivity contribution >= 4 is 55.3 Å². The number of aromatic nitrogens is 2. The molecule has 3 aromatic rings. The lowest BCUT2D eigenvalue weighted by Crippen LogP contribution is -2.10. The lowest BCUT2D eigenvalue weighted by Gasteiger charge is -2.12. The number of benzene rings is 1. The van der Waals surface area contributed by atoms with E-state index in [-0.39, 0.29) is 0 Å². The van der Waals surface area contributed by atoms with Gasteiger partial charge in [-0.05, 0) is 52.4 Å². The summed E-state index contributed by atoms with van der Waals surface area (Å²) in [7, 11) is 1.58. The van der Waals surface area contributed by atoms with Crippen LogP contribution in [0.2, 0.25) is 0 Å². The summed E-state index contributed by atoms with van der Waals surface area (Å²) in [5.41, 5.74) is 1.82. The molecule has 2 aromatic heterocycles.